The van der Waals surface area contributed by atoms with Gasteiger partial charge in [-0.15, -0.1) is 0 Å². The van der Waals surface area contributed by atoms with Crippen LogP contribution in [0.25, 0.3) is 0 Å². The van der Waals surface area contributed by atoms with Crippen LogP contribution in [0.5, 0.6) is 0 Å². The van der Waals surface area contributed by atoms with Crippen LogP contribution in [-0.4, -0.2) is 10.9 Å². The van der Waals surface area contributed by atoms with Gasteiger partial charge in [-0.1, -0.05) is 0 Å². The van der Waals surface area contributed by atoms with Crippen molar-refractivity contribution in [2.24, 2.45) is 0 Å². The van der Waals surface area contributed by atoms with Crippen molar-refractivity contribution in [3.05, 3.63) is 22.4 Å². The van der Waals surface area contributed by atoms with Crippen LogP contribution in [0.3, 0.4) is 0 Å². The molecule has 56 valence electrons. The number of halogens is 1. The zero-order chi connectivity index (χ0) is 7.84. The summed E-state index contributed by atoms with van der Waals surface area (Å²) in [6.45, 7) is 0. The van der Waals surface area contributed by atoms with E-state index in [1.165, 1.54) is 0 Å². The summed E-state index contributed by atoms with van der Waals surface area (Å²) in [7, 11) is 0. The standard InChI is InChI=1S/C7H5BrN2O/c8-4-1-6-5(9-3-4)2-7(11)10-6/h1,3H,2H2,(H,10,11). The Bertz CT molecular complexity index is 324. The maximum absolute atomic E-state index is 10.8. The number of aromatic nitrogens is 1. The second kappa shape index (κ2) is 2.30. The Morgan fingerprint density at radius 2 is 2.45 bits per heavy atom. The number of pyridine rings is 1. The number of fused-ring (bicyclic) bond motifs is 1. The van der Waals surface area contributed by atoms with Gasteiger partial charge in [-0.25, -0.2) is 0 Å². The number of anilines is 1. The molecule has 0 saturated heterocycles. The Kier molecular flexibility index (Phi) is 1.42. The number of nitrogens with one attached hydrogen (secondary N) is 1. The van der Waals surface area contributed by atoms with Crippen molar-refractivity contribution in [2.45, 2.75) is 6.42 Å². The summed E-state index contributed by atoms with van der Waals surface area (Å²) in [5.41, 5.74) is 1.66. The SMILES string of the molecule is O=C1Cc2ncc(Br)cc2N1. The highest BCUT2D eigenvalue weighted by Crippen LogP contribution is 2.23. The van der Waals surface area contributed by atoms with Crippen LogP contribution < -0.4 is 5.32 Å². The molecular weight excluding hydrogens is 208 g/mol. The monoisotopic (exact) mass is 212 g/mol. The molecule has 0 fully saturated rings. The van der Waals surface area contributed by atoms with E-state index >= 15 is 0 Å². The first-order chi connectivity index (χ1) is 5.25. The third-order valence-corrected chi connectivity index (χ3v) is 1.97. The van der Waals surface area contributed by atoms with Crippen molar-refractivity contribution >= 4 is 27.5 Å². The molecule has 1 aromatic rings. The predicted molar refractivity (Wildman–Crippen MR) is 44.3 cm³/mol. The van der Waals surface area contributed by atoms with E-state index in [9.17, 15) is 4.79 Å². The lowest BCUT2D eigenvalue weighted by molar-refractivity contribution is -0.115. The highest BCUT2D eigenvalue weighted by Gasteiger charge is 2.18. The minimum atomic E-state index is 0.0191. The van der Waals surface area contributed by atoms with Crippen LogP contribution in [-0.2, 0) is 11.2 Å². The highest BCUT2D eigenvalue weighted by atomic mass is 79.9. The Morgan fingerprint density at radius 3 is 3.27 bits per heavy atom. The Morgan fingerprint density at radius 1 is 1.64 bits per heavy atom. The zero-order valence-electron chi connectivity index (χ0n) is 5.60. The van der Waals surface area contributed by atoms with Gasteiger partial charge in [0.2, 0.25) is 5.91 Å². The molecule has 0 aliphatic carbocycles. The zero-order valence-corrected chi connectivity index (χ0v) is 7.18. The largest absolute Gasteiger partial charge is 0.324 e. The molecule has 11 heavy (non-hydrogen) atoms. The van der Waals surface area contributed by atoms with Gasteiger partial charge < -0.3 is 5.32 Å². The topological polar surface area (TPSA) is 42.0 Å². The van der Waals surface area contributed by atoms with Gasteiger partial charge >= 0.3 is 0 Å². The second-order valence-electron chi connectivity index (χ2n) is 2.37. The number of hydrogen-bond donors (Lipinski definition) is 1. The van der Waals surface area contributed by atoms with Crippen LogP contribution in [0.1, 0.15) is 5.69 Å². The molecule has 1 aromatic heterocycles. The Balaban J connectivity index is 2.51. The van der Waals surface area contributed by atoms with Gasteiger partial charge in [0.15, 0.2) is 0 Å². The van der Waals surface area contributed by atoms with Crippen molar-refractivity contribution in [1.82, 2.24) is 4.98 Å². The number of amides is 1. The summed E-state index contributed by atoms with van der Waals surface area (Å²) < 4.78 is 0.887. The van der Waals surface area contributed by atoms with E-state index in [0.29, 0.717) is 6.42 Å². The van der Waals surface area contributed by atoms with Crippen LogP contribution >= 0.6 is 15.9 Å². The molecule has 1 aliphatic rings. The third-order valence-electron chi connectivity index (χ3n) is 1.54. The van der Waals surface area contributed by atoms with Gasteiger partial charge in [-0.05, 0) is 22.0 Å². The van der Waals surface area contributed by atoms with Gasteiger partial charge in [-0.2, -0.15) is 0 Å². The molecule has 0 spiro atoms. The second-order valence-corrected chi connectivity index (χ2v) is 3.29. The molecule has 2 rings (SSSR count). The number of nitrogens with zero attached hydrogens (tertiary/aromatic N) is 1. The molecule has 0 unspecified atom stereocenters. The first-order valence-electron chi connectivity index (χ1n) is 3.20. The average molecular weight is 213 g/mol. The molecule has 3 nitrogen and oxygen atoms in total. The van der Waals surface area contributed by atoms with Gasteiger partial charge in [0.05, 0.1) is 17.8 Å². The number of rotatable bonds is 0. The average Bonchev–Trinajstić information content (AvgIpc) is 2.27. The molecule has 0 aromatic carbocycles. The minimum Gasteiger partial charge on any atom is -0.324 e. The van der Waals surface area contributed by atoms with E-state index < -0.39 is 0 Å². The van der Waals surface area contributed by atoms with E-state index in [1.54, 1.807) is 6.20 Å². The highest BCUT2D eigenvalue weighted by molar-refractivity contribution is 9.10. The number of carbonyl (C=O) groups excluding carboxylic acids is 1. The summed E-state index contributed by atoms with van der Waals surface area (Å²) in [6, 6.07) is 1.85. The van der Waals surface area contributed by atoms with Crippen LogP contribution in [0.15, 0.2) is 16.7 Å². The van der Waals surface area contributed by atoms with Gasteiger partial charge in [-0.3, -0.25) is 9.78 Å². The van der Waals surface area contributed by atoms with E-state index in [4.69, 9.17) is 0 Å². The summed E-state index contributed by atoms with van der Waals surface area (Å²) in [5.74, 6) is 0.0191. The van der Waals surface area contributed by atoms with Gasteiger partial charge in [0.1, 0.15) is 0 Å². The van der Waals surface area contributed by atoms with E-state index in [2.05, 4.69) is 26.2 Å². The third kappa shape index (κ3) is 1.14. The van der Waals surface area contributed by atoms with Crippen molar-refractivity contribution < 1.29 is 4.79 Å². The van der Waals surface area contributed by atoms with Crippen molar-refractivity contribution in [1.29, 1.82) is 0 Å². The van der Waals surface area contributed by atoms with E-state index in [-0.39, 0.29) is 5.91 Å². The molecule has 2 heterocycles. The molecule has 1 aliphatic heterocycles. The van der Waals surface area contributed by atoms with Gasteiger partial charge in [0, 0.05) is 10.7 Å². The maximum Gasteiger partial charge on any atom is 0.230 e. The van der Waals surface area contributed by atoms with Crippen molar-refractivity contribution in [3.8, 4) is 0 Å². The lowest BCUT2D eigenvalue weighted by atomic mass is 10.3. The molecule has 0 radical (unpaired) electrons. The van der Waals surface area contributed by atoms with Gasteiger partial charge in [0.25, 0.3) is 0 Å². The smallest absolute Gasteiger partial charge is 0.230 e. The quantitative estimate of drug-likeness (QED) is 0.706. The lowest BCUT2D eigenvalue weighted by Crippen LogP contribution is -2.03. The molecule has 4 heteroatoms. The fourth-order valence-corrected chi connectivity index (χ4v) is 1.39. The molecule has 1 N–H and O–H groups in total. The fourth-order valence-electron chi connectivity index (χ4n) is 1.06. The molecule has 0 atom stereocenters. The Hall–Kier alpha value is -0.900. The van der Waals surface area contributed by atoms with E-state index in [0.717, 1.165) is 15.9 Å². The molecule has 0 saturated carbocycles. The normalized spacial score (nSPS) is 14.5. The lowest BCUT2D eigenvalue weighted by Gasteiger charge is -1.95. The summed E-state index contributed by atoms with van der Waals surface area (Å²) in [4.78, 5) is 14.9. The summed E-state index contributed by atoms with van der Waals surface area (Å²) in [5, 5.41) is 2.71. The van der Waals surface area contributed by atoms with Crippen molar-refractivity contribution in [2.75, 3.05) is 5.32 Å². The molecule has 0 bridgehead atoms. The van der Waals surface area contributed by atoms with Crippen molar-refractivity contribution in [3.63, 3.8) is 0 Å². The van der Waals surface area contributed by atoms with Crippen LogP contribution in [0.4, 0.5) is 5.69 Å². The maximum atomic E-state index is 10.8. The van der Waals surface area contributed by atoms with Crippen LogP contribution in [0.2, 0.25) is 0 Å². The fraction of sp³-hybridized carbons (Fsp3) is 0.143. The van der Waals surface area contributed by atoms with Crippen LogP contribution in [0, 0.1) is 0 Å². The number of hydrogen-bond acceptors (Lipinski definition) is 2. The summed E-state index contributed by atoms with van der Waals surface area (Å²) in [6.07, 6.45) is 2.10. The minimum absolute atomic E-state index is 0.0191. The summed E-state index contributed by atoms with van der Waals surface area (Å²) >= 11 is 3.27. The molecular formula is C7H5BrN2O. The van der Waals surface area contributed by atoms with E-state index in [1.807, 2.05) is 6.07 Å². The first kappa shape index (κ1) is 6.79. The Labute approximate surface area is 72.0 Å². The predicted octanol–water partition coefficient (Wildman–Crippen LogP) is 1.34. The first-order valence-corrected chi connectivity index (χ1v) is 3.99. The number of carbonyl (C=O) groups is 1. The molecule has 1 amide bonds.